The highest BCUT2D eigenvalue weighted by atomic mass is 35.5. The Bertz CT molecular complexity index is 657. The van der Waals surface area contributed by atoms with Gasteiger partial charge in [0.15, 0.2) is 11.5 Å². The van der Waals surface area contributed by atoms with Crippen LogP contribution in [0.3, 0.4) is 0 Å². The van der Waals surface area contributed by atoms with Crippen molar-refractivity contribution in [1.29, 1.82) is 0 Å². The van der Waals surface area contributed by atoms with Gasteiger partial charge >= 0.3 is 0 Å². The number of fused-ring (bicyclic) bond motifs is 1. The summed E-state index contributed by atoms with van der Waals surface area (Å²) >= 11 is 6.09. The molecule has 3 aromatic rings. The first-order valence-electron chi connectivity index (χ1n) is 5.04. The fraction of sp³-hybridized carbons (Fsp3) is 0.200. The Hall–Kier alpha value is -1.95. The predicted molar refractivity (Wildman–Crippen MR) is 62.6 cm³/mol. The second-order valence-corrected chi connectivity index (χ2v) is 4.03. The molecule has 17 heavy (non-hydrogen) atoms. The number of rotatable bonds is 2. The van der Waals surface area contributed by atoms with Crippen LogP contribution in [0.25, 0.3) is 11.0 Å². The van der Waals surface area contributed by atoms with Crippen LogP contribution >= 0.6 is 11.6 Å². The molecule has 0 radical (unpaired) electrons. The molecule has 0 atom stereocenters. The lowest BCUT2D eigenvalue weighted by Gasteiger charge is -2.03. The Morgan fingerprint density at radius 1 is 1.35 bits per heavy atom. The molecule has 86 valence electrons. The molecule has 6 nitrogen and oxygen atoms in total. The number of halogens is 1. The minimum Gasteiger partial charge on any atom is -0.330 e. The Morgan fingerprint density at radius 3 is 3.00 bits per heavy atom. The summed E-state index contributed by atoms with van der Waals surface area (Å²) in [5, 5.41) is 5.30. The van der Waals surface area contributed by atoms with E-state index < -0.39 is 0 Å². The van der Waals surface area contributed by atoms with Crippen molar-refractivity contribution >= 4 is 22.6 Å². The molecule has 0 fully saturated rings. The highest BCUT2D eigenvalue weighted by Gasteiger charge is 2.09. The molecular formula is C10H9ClN6. The standard InChI is InChI=1S/C10H9ClN6/c1-16-10-7(4-13-16)9(11)14-8(15-10)5-17-3-2-12-6-17/h2-4,6H,5H2,1H3. The van der Waals surface area contributed by atoms with Gasteiger partial charge in [-0.2, -0.15) is 5.10 Å². The van der Waals surface area contributed by atoms with Gasteiger partial charge in [-0.05, 0) is 0 Å². The fourth-order valence-electron chi connectivity index (χ4n) is 1.64. The predicted octanol–water partition coefficient (Wildman–Crippen LogP) is 1.26. The highest BCUT2D eigenvalue weighted by molar-refractivity contribution is 6.33. The zero-order chi connectivity index (χ0) is 11.8. The second kappa shape index (κ2) is 3.81. The first-order valence-corrected chi connectivity index (χ1v) is 5.41. The summed E-state index contributed by atoms with van der Waals surface area (Å²) in [6.45, 7) is 0.542. The van der Waals surface area contributed by atoms with Crippen molar-refractivity contribution in [2.24, 2.45) is 7.05 Å². The van der Waals surface area contributed by atoms with Gasteiger partial charge in [-0.1, -0.05) is 11.6 Å². The molecular weight excluding hydrogens is 240 g/mol. The van der Waals surface area contributed by atoms with E-state index in [1.165, 1.54) is 0 Å². The van der Waals surface area contributed by atoms with E-state index in [0.29, 0.717) is 17.5 Å². The fourth-order valence-corrected chi connectivity index (χ4v) is 1.88. The van der Waals surface area contributed by atoms with Gasteiger partial charge in [0.2, 0.25) is 0 Å². The van der Waals surface area contributed by atoms with E-state index in [9.17, 15) is 0 Å². The summed E-state index contributed by atoms with van der Waals surface area (Å²) in [4.78, 5) is 12.6. The highest BCUT2D eigenvalue weighted by Crippen LogP contribution is 2.19. The van der Waals surface area contributed by atoms with Crippen molar-refractivity contribution in [1.82, 2.24) is 29.3 Å². The summed E-state index contributed by atoms with van der Waals surface area (Å²) in [6, 6.07) is 0. The molecule has 0 bridgehead atoms. The van der Waals surface area contributed by atoms with E-state index in [2.05, 4.69) is 20.1 Å². The van der Waals surface area contributed by atoms with E-state index >= 15 is 0 Å². The lowest BCUT2D eigenvalue weighted by atomic mass is 10.4. The number of aromatic nitrogens is 6. The van der Waals surface area contributed by atoms with E-state index in [0.717, 1.165) is 11.0 Å². The Labute approximate surface area is 102 Å². The van der Waals surface area contributed by atoms with Gasteiger partial charge in [0, 0.05) is 19.4 Å². The maximum absolute atomic E-state index is 6.09. The molecule has 0 aliphatic rings. The van der Waals surface area contributed by atoms with Gasteiger partial charge in [-0.25, -0.2) is 15.0 Å². The zero-order valence-electron chi connectivity index (χ0n) is 9.08. The maximum Gasteiger partial charge on any atom is 0.162 e. The number of imidazole rings is 1. The minimum absolute atomic E-state index is 0.429. The van der Waals surface area contributed by atoms with Crippen LogP contribution in [-0.2, 0) is 13.6 Å². The third kappa shape index (κ3) is 1.76. The van der Waals surface area contributed by atoms with Crippen LogP contribution in [0.5, 0.6) is 0 Å². The van der Waals surface area contributed by atoms with E-state index in [1.54, 1.807) is 23.4 Å². The van der Waals surface area contributed by atoms with Crippen LogP contribution in [0.2, 0.25) is 5.15 Å². The maximum atomic E-state index is 6.09. The number of nitrogens with zero attached hydrogens (tertiary/aromatic N) is 6. The second-order valence-electron chi connectivity index (χ2n) is 3.67. The smallest absolute Gasteiger partial charge is 0.162 e. The van der Waals surface area contributed by atoms with Crippen LogP contribution in [0.4, 0.5) is 0 Å². The quantitative estimate of drug-likeness (QED) is 0.641. The normalized spacial score (nSPS) is 11.2. The molecule has 3 rings (SSSR count). The summed E-state index contributed by atoms with van der Waals surface area (Å²) in [5.41, 5.74) is 0.736. The van der Waals surface area contributed by atoms with Crippen molar-refractivity contribution in [2.45, 2.75) is 6.54 Å². The monoisotopic (exact) mass is 248 g/mol. The lowest BCUT2D eigenvalue weighted by Crippen LogP contribution is -2.04. The summed E-state index contributed by atoms with van der Waals surface area (Å²) in [5.74, 6) is 0.643. The van der Waals surface area contributed by atoms with E-state index in [1.807, 2.05) is 17.8 Å². The van der Waals surface area contributed by atoms with Crippen LogP contribution in [-0.4, -0.2) is 29.3 Å². The molecule has 0 N–H and O–H groups in total. The van der Waals surface area contributed by atoms with Gasteiger partial charge in [0.05, 0.1) is 24.5 Å². The first kappa shape index (κ1) is 10.2. The third-order valence-electron chi connectivity index (χ3n) is 2.48. The van der Waals surface area contributed by atoms with E-state index in [4.69, 9.17) is 11.6 Å². The van der Waals surface area contributed by atoms with Crippen LogP contribution in [0.15, 0.2) is 24.9 Å². The molecule has 7 heteroatoms. The molecule has 0 aliphatic carbocycles. The largest absolute Gasteiger partial charge is 0.330 e. The third-order valence-corrected chi connectivity index (χ3v) is 2.76. The number of aryl methyl sites for hydroxylation is 1. The van der Waals surface area contributed by atoms with Gasteiger partial charge in [0.25, 0.3) is 0 Å². The molecule has 0 saturated heterocycles. The SMILES string of the molecule is Cn1ncc2c(Cl)nc(Cn3ccnc3)nc21. The molecule has 0 unspecified atom stereocenters. The minimum atomic E-state index is 0.429. The Balaban J connectivity index is 2.08. The molecule has 0 spiro atoms. The molecule has 3 heterocycles. The van der Waals surface area contributed by atoms with Crippen molar-refractivity contribution < 1.29 is 0 Å². The number of hydrogen-bond acceptors (Lipinski definition) is 4. The lowest BCUT2D eigenvalue weighted by molar-refractivity contribution is 0.734. The zero-order valence-corrected chi connectivity index (χ0v) is 9.83. The molecule has 0 aromatic carbocycles. The Morgan fingerprint density at radius 2 is 2.24 bits per heavy atom. The molecule has 0 saturated carbocycles. The summed E-state index contributed by atoms with van der Waals surface area (Å²) < 4.78 is 3.56. The van der Waals surface area contributed by atoms with Crippen molar-refractivity contribution in [3.8, 4) is 0 Å². The molecule has 0 amide bonds. The summed E-state index contributed by atoms with van der Waals surface area (Å²) in [6.07, 6.45) is 6.94. The topological polar surface area (TPSA) is 61.4 Å². The van der Waals surface area contributed by atoms with Gasteiger partial charge < -0.3 is 4.57 Å². The van der Waals surface area contributed by atoms with Crippen molar-refractivity contribution in [3.63, 3.8) is 0 Å². The average Bonchev–Trinajstić information content (AvgIpc) is 2.90. The van der Waals surface area contributed by atoms with Crippen molar-refractivity contribution in [3.05, 3.63) is 35.9 Å². The Kier molecular flexibility index (Phi) is 2.29. The average molecular weight is 249 g/mol. The first-order chi connectivity index (χ1) is 8.24. The number of hydrogen-bond donors (Lipinski definition) is 0. The van der Waals surface area contributed by atoms with Crippen molar-refractivity contribution in [2.75, 3.05) is 0 Å². The van der Waals surface area contributed by atoms with Gasteiger partial charge in [0.1, 0.15) is 5.15 Å². The van der Waals surface area contributed by atoms with E-state index in [-0.39, 0.29) is 0 Å². The van der Waals surface area contributed by atoms with Crippen LogP contribution < -0.4 is 0 Å². The molecule has 3 aromatic heterocycles. The van der Waals surface area contributed by atoms with Gasteiger partial charge in [-0.3, -0.25) is 4.68 Å². The molecule has 0 aliphatic heterocycles. The van der Waals surface area contributed by atoms with Gasteiger partial charge in [-0.15, -0.1) is 0 Å². The van der Waals surface area contributed by atoms with Crippen LogP contribution in [0, 0.1) is 0 Å². The van der Waals surface area contributed by atoms with Crippen LogP contribution in [0.1, 0.15) is 5.82 Å². The summed E-state index contributed by atoms with van der Waals surface area (Å²) in [7, 11) is 1.83.